The van der Waals surface area contributed by atoms with Gasteiger partial charge in [-0.15, -0.1) is 0 Å². The van der Waals surface area contributed by atoms with E-state index in [1.807, 2.05) is 17.7 Å². The number of hydrogen-bond acceptors (Lipinski definition) is 9. The smallest absolute Gasteiger partial charge is 0.155 e. The number of thioether (sulfide) groups is 1. The molecule has 4 N–H and O–H groups in total. The third kappa shape index (κ3) is 5.84. The molecule has 0 aliphatic carbocycles. The Hall–Kier alpha value is -3.78. The number of allylic oxidation sites excluding steroid dienone is 1. The van der Waals surface area contributed by atoms with Crippen LogP contribution in [0.3, 0.4) is 0 Å². The third-order valence-corrected chi connectivity index (χ3v) is 6.66. The molecule has 4 rings (SSSR count). The second-order valence-electron chi connectivity index (χ2n) is 7.07. The highest BCUT2D eigenvalue weighted by Crippen LogP contribution is 2.33. The van der Waals surface area contributed by atoms with Crippen molar-refractivity contribution < 1.29 is 9.13 Å². The van der Waals surface area contributed by atoms with Gasteiger partial charge in [0.1, 0.15) is 28.8 Å². The molecule has 35 heavy (non-hydrogen) atoms. The van der Waals surface area contributed by atoms with Crippen LogP contribution in [0.1, 0.15) is 11.3 Å². The number of nitrogens with two attached hydrogens (primary N) is 1. The van der Waals surface area contributed by atoms with E-state index in [4.69, 9.17) is 10.5 Å². The number of hydrogen-bond donors (Lipinski definition) is 3. The van der Waals surface area contributed by atoms with Crippen molar-refractivity contribution in [2.45, 2.75) is 10.4 Å². The van der Waals surface area contributed by atoms with Gasteiger partial charge in [-0.1, -0.05) is 23.9 Å². The van der Waals surface area contributed by atoms with E-state index in [2.05, 4.69) is 26.1 Å². The summed E-state index contributed by atoms with van der Waals surface area (Å²) in [6.07, 6.45) is 4.80. The van der Waals surface area contributed by atoms with Gasteiger partial charge in [-0.25, -0.2) is 14.1 Å². The summed E-state index contributed by atoms with van der Waals surface area (Å²) in [5.41, 5.74) is 7.61. The summed E-state index contributed by atoms with van der Waals surface area (Å²) in [4.78, 5) is 9.73. The van der Waals surface area contributed by atoms with Gasteiger partial charge in [0.05, 0.1) is 17.0 Å². The van der Waals surface area contributed by atoms with E-state index < -0.39 is 0 Å². The van der Waals surface area contributed by atoms with Crippen molar-refractivity contribution in [1.29, 1.82) is 5.26 Å². The number of halogens is 1. The van der Waals surface area contributed by atoms with E-state index in [0.29, 0.717) is 39.7 Å². The van der Waals surface area contributed by atoms with Gasteiger partial charge in [0.2, 0.25) is 0 Å². The quantitative estimate of drug-likeness (QED) is 0.286. The third-order valence-electron chi connectivity index (χ3n) is 4.85. The largest absolute Gasteiger partial charge is 0.454 e. The Morgan fingerprint density at radius 3 is 2.83 bits per heavy atom. The lowest BCUT2D eigenvalue weighted by Gasteiger charge is -2.15. The summed E-state index contributed by atoms with van der Waals surface area (Å²) < 4.78 is 23.8. The summed E-state index contributed by atoms with van der Waals surface area (Å²) in [5.74, 6) is 0.330. The van der Waals surface area contributed by atoms with Crippen LogP contribution in [0.5, 0.6) is 11.5 Å². The van der Waals surface area contributed by atoms with Gasteiger partial charge < -0.3 is 15.8 Å². The zero-order chi connectivity index (χ0) is 24.6. The molecular weight excluding hydrogens is 483 g/mol. The van der Waals surface area contributed by atoms with Crippen molar-refractivity contribution in [3.63, 3.8) is 0 Å². The molecule has 0 saturated carbocycles. The fourth-order valence-corrected chi connectivity index (χ4v) is 4.68. The molecule has 0 fully saturated rings. The maximum Gasteiger partial charge on any atom is 0.155 e. The minimum absolute atomic E-state index is 0.0606. The molecule has 10 heteroatoms. The van der Waals surface area contributed by atoms with Crippen LogP contribution >= 0.6 is 23.7 Å². The molecule has 1 aliphatic rings. The van der Waals surface area contributed by atoms with Crippen molar-refractivity contribution in [3.05, 3.63) is 95.6 Å². The fraction of sp³-hybridized carbons (Fsp3) is 0.0800. The minimum Gasteiger partial charge on any atom is -0.454 e. The summed E-state index contributed by atoms with van der Waals surface area (Å²) >= 11 is 3.03. The summed E-state index contributed by atoms with van der Waals surface area (Å²) in [5, 5.41) is 14.9. The van der Waals surface area contributed by atoms with E-state index in [1.54, 1.807) is 67.4 Å². The fourth-order valence-electron chi connectivity index (χ4n) is 3.22. The number of rotatable bonds is 8. The van der Waals surface area contributed by atoms with Crippen molar-refractivity contribution in [1.82, 2.24) is 15.0 Å². The Labute approximate surface area is 211 Å². The first-order valence-corrected chi connectivity index (χ1v) is 12.2. The molecule has 1 aromatic heterocycles. The molecule has 0 spiro atoms. The standard InChI is InChI=1S/C25H21FN6OS2/c1-29-21(10-11-27)24-23(9-7-20(31-24)18-4-2-3-5-19(18)26)33-22-8-6-17(14-16(22)15-28)35-32-25-30-12-13-34-25/h2-14,25,30,32H,27H2,1H3. The molecule has 3 aromatic rings. The van der Waals surface area contributed by atoms with Crippen LogP contribution in [0.15, 0.2) is 88.4 Å². The van der Waals surface area contributed by atoms with Crippen molar-refractivity contribution >= 4 is 29.4 Å². The van der Waals surface area contributed by atoms with Crippen molar-refractivity contribution in [2.24, 2.45) is 10.7 Å². The number of aromatic nitrogens is 1. The van der Waals surface area contributed by atoms with Gasteiger partial charge in [-0.2, -0.15) is 5.26 Å². The average molecular weight is 505 g/mol. The van der Waals surface area contributed by atoms with E-state index in [1.165, 1.54) is 24.2 Å². The lowest BCUT2D eigenvalue weighted by atomic mass is 10.1. The lowest BCUT2D eigenvalue weighted by Crippen LogP contribution is -2.28. The maximum absolute atomic E-state index is 14.4. The SMILES string of the molecule is CN=C(C=CN)c1nc(-c2ccccc2F)ccc1Oc1ccc(SNC2NC=CS2)cc1C#N. The van der Waals surface area contributed by atoms with Gasteiger partial charge in [-0.3, -0.25) is 4.99 Å². The summed E-state index contributed by atoms with van der Waals surface area (Å²) in [7, 11) is 1.60. The van der Waals surface area contributed by atoms with Crippen LogP contribution in [0.4, 0.5) is 4.39 Å². The Morgan fingerprint density at radius 1 is 1.29 bits per heavy atom. The van der Waals surface area contributed by atoms with Gasteiger partial charge in [-0.05, 0) is 72.1 Å². The zero-order valence-corrected chi connectivity index (χ0v) is 20.2. The summed E-state index contributed by atoms with van der Waals surface area (Å²) in [6, 6.07) is 17.2. The van der Waals surface area contributed by atoms with Crippen LogP contribution in [0, 0.1) is 17.1 Å². The van der Waals surface area contributed by atoms with Crippen LogP contribution in [0.2, 0.25) is 0 Å². The molecule has 0 amide bonds. The molecule has 0 saturated heterocycles. The van der Waals surface area contributed by atoms with E-state index in [9.17, 15) is 9.65 Å². The highest BCUT2D eigenvalue weighted by molar-refractivity contribution is 8.04. The molecule has 1 unspecified atom stereocenters. The monoisotopic (exact) mass is 504 g/mol. The predicted octanol–water partition coefficient (Wildman–Crippen LogP) is 5.13. The number of pyridine rings is 1. The molecule has 0 bridgehead atoms. The van der Waals surface area contributed by atoms with Crippen LogP contribution in [-0.2, 0) is 0 Å². The zero-order valence-electron chi connectivity index (χ0n) is 18.6. The van der Waals surface area contributed by atoms with Crippen LogP contribution in [-0.4, -0.2) is 23.2 Å². The number of nitrogens with one attached hydrogen (secondary N) is 2. The lowest BCUT2D eigenvalue weighted by molar-refractivity contribution is 0.477. The molecule has 1 aliphatic heterocycles. The Kier molecular flexibility index (Phi) is 8.05. The molecule has 176 valence electrons. The Bertz CT molecular complexity index is 1340. The predicted molar refractivity (Wildman–Crippen MR) is 139 cm³/mol. The van der Waals surface area contributed by atoms with E-state index in [0.717, 1.165) is 4.90 Å². The number of nitrogens with zero attached hydrogens (tertiary/aromatic N) is 3. The second-order valence-corrected chi connectivity index (χ2v) is 9.00. The summed E-state index contributed by atoms with van der Waals surface area (Å²) in [6.45, 7) is 0. The average Bonchev–Trinajstić information content (AvgIpc) is 3.41. The number of ether oxygens (including phenoxy) is 1. The van der Waals surface area contributed by atoms with Gasteiger partial charge in [0.25, 0.3) is 0 Å². The normalized spacial score (nSPS) is 15.2. The molecular formula is C25H21FN6OS2. The van der Waals surface area contributed by atoms with Crippen LogP contribution < -0.4 is 20.5 Å². The number of aliphatic imine (C=N–C) groups is 1. The van der Waals surface area contributed by atoms with Crippen molar-refractivity contribution in [2.75, 3.05) is 7.05 Å². The van der Waals surface area contributed by atoms with Gasteiger partial charge in [0, 0.05) is 23.7 Å². The molecule has 2 aromatic carbocycles. The molecule has 0 radical (unpaired) electrons. The van der Waals surface area contributed by atoms with Gasteiger partial charge in [0.15, 0.2) is 5.75 Å². The minimum atomic E-state index is -0.389. The first-order valence-electron chi connectivity index (χ1n) is 10.4. The highest BCUT2D eigenvalue weighted by Gasteiger charge is 2.17. The first-order chi connectivity index (χ1) is 17.1. The number of nitriles is 1. The Morgan fingerprint density at radius 2 is 2.11 bits per heavy atom. The topological polar surface area (TPSA) is 108 Å². The highest BCUT2D eigenvalue weighted by atomic mass is 32.2. The second kappa shape index (κ2) is 11.6. The number of benzene rings is 2. The maximum atomic E-state index is 14.4. The first kappa shape index (κ1) is 24.3. The van der Waals surface area contributed by atoms with E-state index >= 15 is 0 Å². The Balaban J connectivity index is 1.66. The van der Waals surface area contributed by atoms with Crippen LogP contribution in [0.25, 0.3) is 11.3 Å². The van der Waals surface area contributed by atoms with E-state index in [-0.39, 0.29) is 11.3 Å². The molecule has 7 nitrogen and oxygen atoms in total. The van der Waals surface area contributed by atoms with Gasteiger partial charge >= 0.3 is 0 Å². The molecule has 2 heterocycles. The van der Waals surface area contributed by atoms with Crippen molar-refractivity contribution in [3.8, 4) is 28.8 Å². The molecule has 1 atom stereocenters.